The minimum atomic E-state index is -1.08. The molecule has 0 saturated heterocycles. The number of hydrogen-bond acceptors (Lipinski definition) is 6. The van der Waals surface area contributed by atoms with Crippen molar-refractivity contribution in [2.45, 2.75) is 32.7 Å². The van der Waals surface area contributed by atoms with Gasteiger partial charge in [0.15, 0.2) is 0 Å². The number of aromatic nitrogens is 3. The molecule has 1 unspecified atom stereocenters. The highest BCUT2D eigenvalue weighted by Gasteiger charge is 2.21. The van der Waals surface area contributed by atoms with E-state index in [2.05, 4.69) is 28.8 Å². The molecule has 0 saturated carbocycles. The lowest BCUT2D eigenvalue weighted by Gasteiger charge is -2.25. The number of anilines is 1. The van der Waals surface area contributed by atoms with Crippen LogP contribution in [0.25, 0.3) is 11.1 Å². The van der Waals surface area contributed by atoms with Crippen molar-refractivity contribution in [1.29, 1.82) is 0 Å². The fourth-order valence-electron chi connectivity index (χ4n) is 2.64. The van der Waals surface area contributed by atoms with E-state index in [-0.39, 0.29) is 6.01 Å². The Morgan fingerprint density at radius 3 is 2.54 bits per heavy atom. The van der Waals surface area contributed by atoms with Crippen molar-refractivity contribution < 1.29 is 14.6 Å². The molecular weight excluding hydrogens is 334 g/mol. The highest BCUT2D eigenvalue weighted by Crippen LogP contribution is 2.22. The van der Waals surface area contributed by atoms with Gasteiger partial charge in [0.1, 0.15) is 12.4 Å². The molecule has 8 nitrogen and oxygen atoms in total. The molecule has 0 aliphatic rings. The van der Waals surface area contributed by atoms with E-state index in [4.69, 9.17) is 15.6 Å². The number of amides is 1. The maximum absolute atomic E-state index is 11.0. The van der Waals surface area contributed by atoms with Crippen LogP contribution in [-0.2, 0) is 0 Å². The molecule has 2 aromatic heterocycles. The van der Waals surface area contributed by atoms with E-state index in [1.165, 1.54) is 7.05 Å². The summed E-state index contributed by atoms with van der Waals surface area (Å²) in [5.41, 5.74) is 7.26. The van der Waals surface area contributed by atoms with Gasteiger partial charge in [-0.2, -0.15) is 0 Å². The van der Waals surface area contributed by atoms with Crippen molar-refractivity contribution in [3.05, 3.63) is 30.7 Å². The molecule has 26 heavy (non-hydrogen) atoms. The number of nitrogens with two attached hydrogens (primary N) is 1. The molecule has 1 atom stereocenters. The van der Waals surface area contributed by atoms with E-state index >= 15 is 0 Å². The zero-order valence-corrected chi connectivity index (χ0v) is 15.5. The minimum absolute atomic E-state index is 0.256. The van der Waals surface area contributed by atoms with Crippen molar-refractivity contribution in [3.8, 4) is 17.1 Å². The lowest BCUT2D eigenvalue weighted by atomic mass is 9.93. The van der Waals surface area contributed by atoms with Gasteiger partial charge >= 0.3 is 12.1 Å². The van der Waals surface area contributed by atoms with E-state index in [0.29, 0.717) is 18.3 Å². The first-order chi connectivity index (χ1) is 12.2. The summed E-state index contributed by atoms with van der Waals surface area (Å²) < 4.78 is 5.61. The van der Waals surface area contributed by atoms with E-state index < -0.39 is 11.6 Å². The molecule has 2 heterocycles. The quantitative estimate of drug-likeness (QED) is 0.781. The van der Waals surface area contributed by atoms with Crippen molar-refractivity contribution in [2.75, 3.05) is 18.6 Å². The standard InChI is InChI=1S/C18H25N5O3/c1-12(2)8-18(3,19)11-26-16-21-9-14(10-22-16)13-5-6-20-15(7-13)23(4)17(24)25/h5-7,9-10,12H,8,11,19H2,1-4H3,(H,24,25). The monoisotopic (exact) mass is 359 g/mol. The Hall–Kier alpha value is -2.74. The van der Waals surface area contributed by atoms with Gasteiger partial charge in [-0.1, -0.05) is 13.8 Å². The molecule has 0 aromatic carbocycles. The Balaban J connectivity index is 2.08. The first-order valence-corrected chi connectivity index (χ1v) is 8.35. The number of rotatable bonds is 7. The van der Waals surface area contributed by atoms with Gasteiger partial charge in [-0.25, -0.2) is 19.7 Å². The molecule has 2 aromatic rings. The van der Waals surface area contributed by atoms with Gasteiger partial charge in [0.05, 0.1) is 0 Å². The lowest BCUT2D eigenvalue weighted by Crippen LogP contribution is -2.43. The topological polar surface area (TPSA) is 114 Å². The van der Waals surface area contributed by atoms with Gasteiger partial charge in [-0.3, -0.25) is 4.90 Å². The summed E-state index contributed by atoms with van der Waals surface area (Å²) in [6, 6.07) is 3.68. The predicted molar refractivity (Wildman–Crippen MR) is 99.2 cm³/mol. The van der Waals surface area contributed by atoms with E-state index in [9.17, 15) is 4.79 Å². The summed E-state index contributed by atoms with van der Waals surface area (Å²) in [5.74, 6) is 0.796. The highest BCUT2D eigenvalue weighted by atomic mass is 16.5. The van der Waals surface area contributed by atoms with Crippen LogP contribution in [0.5, 0.6) is 6.01 Å². The van der Waals surface area contributed by atoms with E-state index in [1.807, 2.05) is 6.92 Å². The Kier molecular flexibility index (Phi) is 6.10. The third-order valence-corrected chi connectivity index (χ3v) is 3.74. The average Bonchev–Trinajstić information content (AvgIpc) is 2.59. The van der Waals surface area contributed by atoms with Crippen LogP contribution < -0.4 is 15.4 Å². The molecule has 2 rings (SSSR count). The van der Waals surface area contributed by atoms with Crippen LogP contribution in [0.1, 0.15) is 27.2 Å². The second kappa shape index (κ2) is 8.09. The van der Waals surface area contributed by atoms with E-state index in [0.717, 1.165) is 22.4 Å². The Morgan fingerprint density at radius 1 is 1.31 bits per heavy atom. The molecule has 0 fully saturated rings. The summed E-state index contributed by atoms with van der Waals surface area (Å²) in [4.78, 5) is 24.6. The van der Waals surface area contributed by atoms with Crippen LogP contribution >= 0.6 is 0 Å². The summed E-state index contributed by atoms with van der Waals surface area (Å²) in [6.07, 6.45) is 4.54. The molecule has 0 bridgehead atoms. The maximum atomic E-state index is 11.0. The minimum Gasteiger partial charge on any atom is -0.465 e. The molecule has 3 N–H and O–H groups in total. The third-order valence-electron chi connectivity index (χ3n) is 3.74. The third kappa shape index (κ3) is 5.38. The van der Waals surface area contributed by atoms with Gasteiger partial charge in [-0.15, -0.1) is 0 Å². The highest BCUT2D eigenvalue weighted by molar-refractivity contribution is 5.85. The smallest absolute Gasteiger partial charge is 0.412 e. The van der Waals surface area contributed by atoms with Crippen LogP contribution in [0, 0.1) is 5.92 Å². The molecule has 0 spiro atoms. The summed E-state index contributed by atoms with van der Waals surface area (Å²) in [5, 5.41) is 9.05. The van der Waals surface area contributed by atoms with Crippen molar-refractivity contribution in [1.82, 2.24) is 15.0 Å². The molecule has 0 aliphatic heterocycles. The van der Waals surface area contributed by atoms with Crippen molar-refractivity contribution >= 4 is 11.9 Å². The number of carbonyl (C=O) groups is 1. The van der Waals surface area contributed by atoms with E-state index in [1.54, 1.807) is 30.7 Å². The number of pyridine rings is 1. The lowest BCUT2D eigenvalue weighted by molar-refractivity contribution is 0.194. The number of carboxylic acid groups (broad SMARTS) is 1. The van der Waals surface area contributed by atoms with Gasteiger partial charge in [0.2, 0.25) is 0 Å². The van der Waals surface area contributed by atoms with Gasteiger partial charge in [0, 0.05) is 36.7 Å². The summed E-state index contributed by atoms with van der Waals surface area (Å²) >= 11 is 0. The number of hydrogen-bond donors (Lipinski definition) is 2. The second-order valence-corrected chi connectivity index (χ2v) is 7.04. The average molecular weight is 359 g/mol. The van der Waals surface area contributed by atoms with Crippen LogP contribution in [0.2, 0.25) is 0 Å². The molecule has 0 radical (unpaired) electrons. The zero-order valence-electron chi connectivity index (χ0n) is 15.5. The molecule has 140 valence electrons. The largest absolute Gasteiger partial charge is 0.465 e. The van der Waals surface area contributed by atoms with Gasteiger partial charge in [-0.05, 0) is 37.0 Å². The van der Waals surface area contributed by atoms with Crippen molar-refractivity contribution in [3.63, 3.8) is 0 Å². The van der Waals surface area contributed by atoms with Crippen LogP contribution in [-0.4, -0.2) is 45.3 Å². The van der Waals surface area contributed by atoms with Crippen LogP contribution in [0.15, 0.2) is 30.7 Å². The normalized spacial score (nSPS) is 13.3. The molecule has 8 heteroatoms. The first-order valence-electron chi connectivity index (χ1n) is 8.35. The fraction of sp³-hybridized carbons (Fsp3) is 0.444. The zero-order chi connectivity index (χ0) is 19.3. The fourth-order valence-corrected chi connectivity index (χ4v) is 2.64. The second-order valence-electron chi connectivity index (χ2n) is 7.04. The Bertz CT molecular complexity index is 747. The van der Waals surface area contributed by atoms with Crippen LogP contribution in [0.3, 0.4) is 0 Å². The molecule has 0 aliphatic carbocycles. The summed E-state index contributed by atoms with van der Waals surface area (Å²) in [6.45, 7) is 6.49. The van der Waals surface area contributed by atoms with Gasteiger partial charge in [0.25, 0.3) is 0 Å². The van der Waals surface area contributed by atoms with Crippen LogP contribution in [0.4, 0.5) is 10.6 Å². The molecular formula is C18H25N5O3. The van der Waals surface area contributed by atoms with Gasteiger partial charge < -0.3 is 15.6 Å². The SMILES string of the molecule is CC(C)CC(C)(N)COc1ncc(-c2ccnc(N(C)C(=O)O)c2)cn1. The predicted octanol–water partition coefficient (Wildman–Crippen LogP) is 2.80. The molecule has 1 amide bonds. The number of ether oxygens (including phenoxy) is 1. The van der Waals surface area contributed by atoms with Crippen molar-refractivity contribution in [2.24, 2.45) is 11.7 Å². The maximum Gasteiger partial charge on any atom is 0.412 e. The number of nitrogens with zero attached hydrogens (tertiary/aromatic N) is 4. The first kappa shape index (κ1) is 19.6. The summed E-state index contributed by atoms with van der Waals surface area (Å²) in [7, 11) is 1.43. The Morgan fingerprint density at radius 2 is 1.96 bits per heavy atom. The Labute approximate surface area is 153 Å².